The highest BCUT2D eigenvalue weighted by atomic mass is 16.5. The molecule has 0 bridgehead atoms. The van der Waals surface area contributed by atoms with Gasteiger partial charge in [0.1, 0.15) is 6.04 Å². The summed E-state index contributed by atoms with van der Waals surface area (Å²) in [5.41, 5.74) is 6.33. The molecular formula is C14H20N4O3. The zero-order chi connectivity index (χ0) is 15.4. The molecule has 2 rings (SSSR count). The molecule has 1 fully saturated rings. The Morgan fingerprint density at radius 2 is 2.10 bits per heavy atom. The zero-order valence-electron chi connectivity index (χ0n) is 12.3. The second-order valence-electron chi connectivity index (χ2n) is 5.01. The summed E-state index contributed by atoms with van der Waals surface area (Å²) in [5.74, 6) is -0.202. The molecule has 1 aromatic heterocycles. The molecule has 1 unspecified atom stereocenters. The van der Waals surface area contributed by atoms with Crippen molar-refractivity contribution in [3.8, 4) is 0 Å². The molecule has 3 N–H and O–H groups in total. The van der Waals surface area contributed by atoms with Gasteiger partial charge in [0.2, 0.25) is 5.91 Å². The summed E-state index contributed by atoms with van der Waals surface area (Å²) >= 11 is 0. The fourth-order valence-corrected chi connectivity index (χ4v) is 2.35. The van der Waals surface area contributed by atoms with Gasteiger partial charge in [0.05, 0.1) is 18.4 Å². The van der Waals surface area contributed by atoms with Crippen LogP contribution in [0.3, 0.4) is 0 Å². The number of likely N-dealkylation sites (tertiary alicyclic amines) is 1. The first-order chi connectivity index (χ1) is 10.0. The Balaban J connectivity index is 2.11. The van der Waals surface area contributed by atoms with Crippen molar-refractivity contribution in [1.29, 1.82) is 0 Å². The molecule has 2 heterocycles. The topological polar surface area (TPSA) is 97.5 Å². The zero-order valence-corrected chi connectivity index (χ0v) is 12.3. The largest absolute Gasteiger partial charge is 0.465 e. The molecule has 1 aliphatic rings. The van der Waals surface area contributed by atoms with E-state index in [1.807, 2.05) is 4.90 Å². The Bertz CT molecular complexity index is 541. The maximum absolute atomic E-state index is 12.2. The van der Waals surface area contributed by atoms with Gasteiger partial charge in [-0.25, -0.2) is 9.78 Å². The van der Waals surface area contributed by atoms with Crippen LogP contribution in [0, 0.1) is 0 Å². The first kappa shape index (κ1) is 15.1. The molecule has 1 atom stereocenters. The van der Waals surface area contributed by atoms with Gasteiger partial charge in [0.25, 0.3) is 0 Å². The lowest BCUT2D eigenvalue weighted by Gasteiger charge is -2.22. The molecule has 7 nitrogen and oxygen atoms in total. The summed E-state index contributed by atoms with van der Waals surface area (Å²) in [6, 6.07) is 1.03. The average Bonchev–Trinajstić information content (AvgIpc) is 3.02. The van der Waals surface area contributed by atoms with E-state index in [4.69, 9.17) is 5.73 Å². The molecule has 1 aromatic rings. The summed E-state index contributed by atoms with van der Waals surface area (Å²) in [5, 5.41) is 2.97. The standard InChI is InChI=1S/C14H20N4O3/c1-9(13(19)18-7-3-4-8-18)17-12-11(15)10(5-6-16-12)14(20)21-2/h5-6,9H,3-4,7-8,15H2,1-2H3,(H,16,17). The van der Waals surface area contributed by atoms with Gasteiger partial charge in [-0.1, -0.05) is 0 Å². The second-order valence-corrected chi connectivity index (χ2v) is 5.01. The number of carbonyl (C=O) groups excluding carboxylic acids is 2. The number of ether oxygens (including phenoxy) is 1. The molecule has 114 valence electrons. The van der Waals surface area contributed by atoms with Crippen LogP contribution in [0.1, 0.15) is 30.1 Å². The van der Waals surface area contributed by atoms with Gasteiger partial charge in [-0.2, -0.15) is 0 Å². The van der Waals surface area contributed by atoms with Crippen molar-refractivity contribution >= 4 is 23.4 Å². The molecule has 1 saturated heterocycles. The highest BCUT2D eigenvalue weighted by Gasteiger charge is 2.24. The number of rotatable bonds is 4. The molecule has 0 saturated carbocycles. The minimum atomic E-state index is -0.531. The van der Waals surface area contributed by atoms with Crippen LogP contribution < -0.4 is 11.1 Å². The van der Waals surface area contributed by atoms with E-state index in [9.17, 15) is 9.59 Å². The molecule has 1 aliphatic heterocycles. The summed E-state index contributed by atoms with van der Waals surface area (Å²) < 4.78 is 4.66. The predicted molar refractivity (Wildman–Crippen MR) is 78.9 cm³/mol. The van der Waals surface area contributed by atoms with Crippen molar-refractivity contribution in [3.05, 3.63) is 17.8 Å². The number of esters is 1. The Labute approximate surface area is 123 Å². The number of pyridine rings is 1. The van der Waals surface area contributed by atoms with E-state index in [1.165, 1.54) is 19.4 Å². The maximum atomic E-state index is 12.2. The lowest BCUT2D eigenvalue weighted by atomic mass is 10.2. The van der Waals surface area contributed by atoms with Crippen LogP contribution in [0.2, 0.25) is 0 Å². The summed E-state index contributed by atoms with van der Waals surface area (Å²) in [6.45, 7) is 3.33. The lowest BCUT2D eigenvalue weighted by Crippen LogP contribution is -2.40. The first-order valence-electron chi connectivity index (χ1n) is 6.92. The van der Waals surface area contributed by atoms with Crippen LogP contribution in [0.15, 0.2) is 12.3 Å². The van der Waals surface area contributed by atoms with Crippen molar-refractivity contribution in [2.24, 2.45) is 0 Å². The van der Waals surface area contributed by atoms with Crippen molar-refractivity contribution in [2.75, 3.05) is 31.2 Å². The van der Waals surface area contributed by atoms with Gasteiger partial charge in [0, 0.05) is 19.3 Å². The Kier molecular flexibility index (Phi) is 4.62. The van der Waals surface area contributed by atoms with Gasteiger partial charge in [0.15, 0.2) is 5.82 Å². The summed E-state index contributed by atoms with van der Waals surface area (Å²) in [4.78, 5) is 29.7. The SMILES string of the molecule is COC(=O)c1ccnc(NC(C)C(=O)N2CCCC2)c1N. The monoisotopic (exact) mass is 292 g/mol. The van der Waals surface area contributed by atoms with Crippen molar-refractivity contribution in [3.63, 3.8) is 0 Å². The van der Waals surface area contributed by atoms with Gasteiger partial charge >= 0.3 is 5.97 Å². The quantitative estimate of drug-likeness (QED) is 0.799. The Morgan fingerprint density at radius 3 is 2.71 bits per heavy atom. The number of anilines is 2. The molecule has 0 spiro atoms. The number of nitrogens with one attached hydrogen (secondary N) is 1. The van der Waals surface area contributed by atoms with Crippen LogP contribution in [0.5, 0.6) is 0 Å². The summed E-state index contributed by atoms with van der Waals surface area (Å²) in [6.07, 6.45) is 3.53. The Hall–Kier alpha value is -2.31. The van der Waals surface area contributed by atoms with Crippen LogP contribution in [0.4, 0.5) is 11.5 Å². The number of aromatic nitrogens is 1. The van der Waals surface area contributed by atoms with E-state index in [1.54, 1.807) is 6.92 Å². The van der Waals surface area contributed by atoms with Gasteiger partial charge in [-0.3, -0.25) is 4.79 Å². The van der Waals surface area contributed by atoms with E-state index in [-0.39, 0.29) is 17.2 Å². The van der Waals surface area contributed by atoms with Crippen molar-refractivity contribution in [2.45, 2.75) is 25.8 Å². The van der Waals surface area contributed by atoms with Crippen LogP contribution in [-0.4, -0.2) is 48.0 Å². The van der Waals surface area contributed by atoms with Crippen molar-refractivity contribution in [1.82, 2.24) is 9.88 Å². The van der Waals surface area contributed by atoms with E-state index in [0.29, 0.717) is 5.82 Å². The minimum absolute atomic E-state index is 0.0113. The predicted octanol–water partition coefficient (Wildman–Crippen LogP) is 0.873. The lowest BCUT2D eigenvalue weighted by molar-refractivity contribution is -0.130. The summed E-state index contributed by atoms with van der Waals surface area (Å²) in [7, 11) is 1.29. The van der Waals surface area contributed by atoms with Crippen molar-refractivity contribution < 1.29 is 14.3 Å². The van der Waals surface area contributed by atoms with Crippen LogP contribution >= 0.6 is 0 Å². The third-order valence-corrected chi connectivity index (χ3v) is 3.54. The minimum Gasteiger partial charge on any atom is -0.465 e. The molecule has 0 radical (unpaired) electrons. The molecule has 0 aromatic carbocycles. The fourth-order valence-electron chi connectivity index (χ4n) is 2.35. The third kappa shape index (κ3) is 3.24. The number of nitrogens with zero attached hydrogens (tertiary/aromatic N) is 2. The van der Waals surface area contributed by atoms with E-state index in [0.717, 1.165) is 25.9 Å². The van der Waals surface area contributed by atoms with Gasteiger partial charge < -0.3 is 20.7 Å². The number of hydrogen-bond acceptors (Lipinski definition) is 6. The highest BCUT2D eigenvalue weighted by Crippen LogP contribution is 2.22. The third-order valence-electron chi connectivity index (χ3n) is 3.54. The van der Waals surface area contributed by atoms with Crippen LogP contribution in [-0.2, 0) is 9.53 Å². The van der Waals surface area contributed by atoms with Crippen LogP contribution in [0.25, 0.3) is 0 Å². The van der Waals surface area contributed by atoms with E-state index >= 15 is 0 Å². The maximum Gasteiger partial charge on any atom is 0.340 e. The number of amides is 1. The Morgan fingerprint density at radius 1 is 1.43 bits per heavy atom. The second kappa shape index (κ2) is 6.43. The van der Waals surface area contributed by atoms with E-state index < -0.39 is 12.0 Å². The molecule has 0 aliphatic carbocycles. The molecule has 1 amide bonds. The normalized spacial score (nSPS) is 15.6. The highest BCUT2D eigenvalue weighted by molar-refractivity contribution is 5.98. The number of methoxy groups -OCH3 is 1. The number of nitrogen functional groups attached to an aromatic ring is 1. The number of nitrogens with two attached hydrogens (primary N) is 1. The average molecular weight is 292 g/mol. The van der Waals surface area contributed by atoms with E-state index in [2.05, 4.69) is 15.0 Å². The van der Waals surface area contributed by atoms with Gasteiger partial charge in [-0.15, -0.1) is 0 Å². The number of carbonyl (C=O) groups is 2. The number of hydrogen-bond donors (Lipinski definition) is 2. The first-order valence-corrected chi connectivity index (χ1v) is 6.92. The fraction of sp³-hybridized carbons (Fsp3) is 0.500. The smallest absolute Gasteiger partial charge is 0.340 e. The molecule has 7 heteroatoms. The molecular weight excluding hydrogens is 272 g/mol. The van der Waals surface area contributed by atoms with Gasteiger partial charge in [-0.05, 0) is 25.8 Å². The molecule has 21 heavy (non-hydrogen) atoms.